The van der Waals surface area contributed by atoms with Crippen molar-refractivity contribution in [2.75, 3.05) is 5.32 Å². The summed E-state index contributed by atoms with van der Waals surface area (Å²) in [5.41, 5.74) is 2.75. The number of carbonyl (C=O) groups excluding carboxylic acids is 2. The number of nitrogens with one attached hydrogen (secondary N) is 1. The second-order valence-corrected chi connectivity index (χ2v) is 8.97. The second kappa shape index (κ2) is 8.20. The number of hydrogen-bond acceptors (Lipinski definition) is 7. The number of amides is 1. The first kappa shape index (κ1) is 19.3. The highest BCUT2D eigenvalue weighted by molar-refractivity contribution is 7.22. The van der Waals surface area contributed by atoms with E-state index < -0.39 is 0 Å². The summed E-state index contributed by atoms with van der Waals surface area (Å²) in [5.74, 6) is 0.498. The van der Waals surface area contributed by atoms with Crippen LogP contribution in [0.25, 0.3) is 21.3 Å². The van der Waals surface area contributed by atoms with Crippen molar-refractivity contribution < 1.29 is 14.3 Å². The molecule has 154 valence electrons. The standard InChI is InChI=1S/C22H22N4O3S/c27-16-7-14(8-16)21(28)26-22-25-18-6-5-13(9-19(18)30-22)15-10-23-20(24-11-15)12-29-17-3-1-2-4-17/h5-6,9-11,14,17H,1-4,7-8,12H2,(H,25,26,28). The molecule has 1 aromatic carbocycles. The molecule has 7 nitrogen and oxygen atoms in total. The van der Waals surface area contributed by atoms with E-state index in [4.69, 9.17) is 4.74 Å². The number of benzene rings is 1. The summed E-state index contributed by atoms with van der Waals surface area (Å²) in [4.78, 5) is 36.6. The van der Waals surface area contributed by atoms with Crippen LogP contribution in [0.3, 0.4) is 0 Å². The average molecular weight is 423 g/mol. The van der Waals surface area contributed by atoms with E-state index in [0.717, 1.165) is 34.2 Å². The van der Waals surface area contributed by atoms with Crippen LogP contribution in [-0.2, 0) is 20.9 Å². The Hall–Kier alpha value is -2.71. The van der Waals surface area contributed by atoms with Crippen LogP contribution in [0.5, 0.6) is 0 Å². The summed E-state index contributed by atoms with van der Waals surface area (Å²) in [6.45, 7) is 0.453. The third kappa shape index (κ3) is 4.11. The molecular weight excluding hydrogens is 400 g/mol. The number of fused-ring (bicyclic) bond motifs is 1. The van der Waals surface area contributed by atoms with Crippen molar-refractivity contribution in [1.82, 2.24) is 15.0 Å². The van der Waals surface area contributed by atoms with Gasteiger partial charge in [-0.05, 0) is 30.5 Å². The molecule has 1 amide bonds. The largest absolute Gasteiger partial charge is 0.370 e. The Morgan fingerprint density at radius 2 is 1.90 bits per heavy atom. The number of rotatable bonds is 6. The summed E-state index contributed by atoms with van der Waals surface area (Å²) in [7, 11) is 0. The first-order valence-electron chi connectivity index (χ1n) is 10.3. The number of thiazole rings is 1. The van der Waals surface area contributed by atoms with Gasteiger partial charge in [0.25, 0.3) is 0 Å². The van der Waals surface area contributed by atoms with E-state index >= 15 is 0 Å². The maximum atomic E-state index is 12.2. The normalized spacial score (nSPS) is 17.4. The highest BCUT2D eigenvalue weighted by Gasteiger charge is 2.33. The quantitative estimate of drug-likeness (QED) is 0.642. The number of ether oxygens (including phenoxy) is 1. The van der Waals surface area contributed by atoms with Gasteiger partial charge in [0.2, 0.25) is 5.91 Å². The van der Waals surface area contributed by atoms with Gasteiger partial charge in [-0.15, -0.1) is 0 Å². The molecule has 0 aliphatic heterocycles. The SMILES string of the molecule is O=C1CC(C(=O)Nc2nc3ccc(-c4cnc(COC5CCCC5)nc4)cc3s2)C1. The molecule has 0 spiro atoms. The Kier molecular flexibility index (Phi) is 5.26. The lowest BCUT2D eigenvalue weighted by atomic mass is 9.83. The number of aromatic nitrogens is 3. The molecule has 2 saturated carbocycles. The predicted molar refractivity (Wildman–Crippen MR) is 114 cm³/mol. The molecule has 1 N–H and O–H groups in total. The van der Waals surface area contributed by atoms with Crippen LogP contribution >= 0.6 is 11.3 Å². The fourth-order valence-electron chi connectivity index (χ4n) is 3.87. The van der Waals surface area contributed by atoms with Gasteiger partial charge in [-0.3, -0.25) is 9.59 Å². The minimum Gasteiger partial charge on any atom is -0.370 e. The van der Waals surface area contributed by atoms with Gasteiger partial charge in [-0.1, -0.05) is 30.2 Å². The van der Waals surface area contributed by atoms with Gasteiger partial charge < -0.3 is 10.1 Å². The zero-order valence-corrected chi connectivity index (χ0v) is 17.3. The molecule has 30 heavy (non-hydrogen) atoms. The van der Waals surface area contributed by atoms with Gasteiger partial charge >= 0.3 is 0 Å². The van der Waals surface area contributed by atoms with E-state index in [9.17, 15) is 9.59 Å². The Labute approximate surface area is 177 Å². The summed E-state index contributed by atoms with van der Waals surface area (Å²) in [5, 5.41) is 3.39. The van der Waals surface area contributed by atoms with E-state index in [1.54, 1.807) is 0 Å². The molecule has 0 saturated heterocycles. The lowest BCUT2D eigenvalue weighted by Crippen LogP contribution is -2.34. The molecule has 0 radical (unpaired) electrons. The zero-order valence-electron chi connectivity index (χ0n) is 16.5. The molecule has 8 heteroatoms. The van der Waals surface area contributed by atoms with Crippen LogP contribution in [0.1, 0.15) is 44.3 Å². The summed E-state index contributed by atoms with van der Waals surface area (Å²) in [6, 6.07) is 5.94. The lowest BCUT2D eigenvalue weighted by Gasteiger charge is -2.21. The molecule has 2 aliphatic rings. The molecule has 5 rings (SSSR count). The van der Waals surface area contributed by atoms with Crippen molar-refractivity contribution in [3.05, 3.63) is 36.4 Å². The Balaban J connectivity index is 1.26. The second-order valence-electron chi connectivity index (χ2n) is 7.94. The van der Waals surface area contributed by atoms with Crippen LogP contribution < -0.4 is 5.32 Å². The number of Topliss-reactive ketones (excluding diaryl/α,β-unsaturated/α-hetero) is 1. The summed E-state index contributed by atoms with van der Waals surface area (Å²) >= 11 is 1.42. The lowest BCUT2D eigenvalue weighted by molar-refractivity contribution is -0.135. The van der Waals surface area contributed by atoms with Crippen molar-refractivity contribution in [2.24, 2.45) is 5.92 Å². The van der Waals surface area contributed by atoms with Crippen molar-refractivity contribution in [3.8, 4) is 11.1 Å². The monoisotopic (exact) mass is 422 g/mol. The Morgan fingerprint density at radius 1 is 1.13 bits per heavy atom. The molecule has 0 bridgehead atoms. The van der Waals surface area contributed by atoms with Crippen molar-refractivity contribution in [1.29, 1.82) is 0 Å². The third-order valence-electron chi connectivity index (χ3n) is 5.73. The minimum atomic E-state index is -0.214. The van der Waals surface area contributed by atoms with Gasteiger partial charge in [0.05, 0.1) is 22.2 Å². The van der Waals surface area contributed by atoms with Gasteiger partial charge in [0.1, 0.15) is 12.4 Å². The van der Waals surface area contributed by atoms with E-state index in [1.165, 1.54) is 24.2 Å². The average Bonchev–Trinajstić information content (AvgIpc) is 3.39. The first-order chi connectivity index (χ1) is 14.6. The maximum Gasteiger partial charge on any atom is 0.230 e. The van der Waals surface area contributed by atoms with Crippen molar-refractivity contribution >= 4 is 38.4 Å². The van der Waals surface area contributed by atoms with Crippen LogP contribution in [-0.4, -0.2) is 32.7 Å². The van der Waals surface area contributed by atoms with Gasteiger partial charge in [-0.25, -0.2) is 15.0 Å². The number of hydrogen-bond donors (Lipinski definition) is 1. The minimum absolute atomic E-state index is 0.127. The molecule has 2 fully saturated rings. The Morgan fingerprint density at radius 3 is 2.63 bits per heavy atom. The topological polar surface area (TPSA) is 94.1 Å². The van der Waals surface area contributed by atoms with E-state index in [0.29, 0.717) is 36.5 Å². The zero-order chi connectivity index (χ0) is 20.5. The third-order valence-corrected chi connectivity index (χ3v) is 6.66. The van der Waals surface area contributed by atoms with Crippen molar-refractivity contribution in [3.63, 3.8) is 0 Å². The Bertz CT molecular complexity index is 1080. The number of anilines is 1. The van der Waals surface area contributed by atoms with Gasteiger partial charge in [0.15, 0.2) is 11.0 Å². The molecule has 2 heterocycles. The summed E-state index contributed by atoms with van der Waals surface area (Å²) in [6.07, 6.45) is 9.42. The molecule has 0 unspecified atom stereocenters. The predicted octanol–water partition coefficient (Wildman–Crippen LogP) is 4.13. The highest BCUT2D eigenvalue weighted by atomic mass is 32.1. The van der Waals surface area contributed by atoms with Crippen LogP contribution in [0.4, 0.5) is 5.13 Å². The fraction of sp³-hybridized carbons (Fsp3) is 0.409. The maximum absolute atomic E-state index is 12.2. The van der Waals surface area contributed by atoms with Gasteiger partial charge in [0, 0.05) is 30.8 Å². The molecule has 2 aliphatic carbocycles. The molecule has 0 atom stereocenters. The molecular formula is C22H22N4O3S. The van der Waals surface area contributed by atoms with E-state index in [2.05, 4.69) is 20.3 Å². The number of carbonyl (C=O) groups is 2. The fourth-order valence-corrected chi connectivity index (χ4v) is 4.77. The van der Waals surface area contributed by atoms with E-state index in [1.807, 2.05) is 30.6 Å². The molecule has 3 aromatic rings. The van der Waals surface area contributed by atoms with Crippen molar-refractivity contribution in [2.45, 2.75) is 51.2 Å². The molecule has 2 aromatic heterocycles. The highest BCUT2D eigenvalue weighted by Crippen LogP contribution is 2.32. The van der Waals surface area contributed by atoms with Crippen LogP contribution in [0.15, 0.2) is 30.6 Å². The van der Waals surface area contributed by atoms with E-state index in [-0.39, 0.29) is 17.6 Å². The van der Waals surface area contributed by atoms with Gasteiger partial charge in [-0.2, -0.15) is 0 Å². The van der Waals surface area contributed by atoms with Crippen LogP contribution in [0.2, 0.25) is 0 Å². The summed E-state index contributed by atoms with van der Waals surface area (Å²) < 4.78 is 6.85. The smallest absolute Gasteiger partial charge is 0.230 e. The first-order valence-corrected chi connectivity index (χ1v) is 11.1. The number of nitrogens with zero attached hydrogens (tertiary/aromatic N) is 3. The van der Waals surface area contributed by atoms with Crippen LogP contribution in [0, 0.1) is 5.92 Å². The number of ketones is 1.